The average Bonchev–Trinajstić information content (AvgIpc) is 2.35. The van der Waals surface area contributed by atoms with Crippen LogP contribution in [0.3, 0.4) is 0 Å². The van der Waals surface area contributed by atoms with Crippen LogP contribution in [-0.4, -0.2) is 28.8 Å². The van der Waals surface area contributed by atoms with Crippen LogP contribution in [0, 0.1) is 0 Å². The summed E-state index contributed by atoms with van der Waals surface area (Å²) in [6, 6.07) is 5.86. The lowest BCUT2D eigenvalue weighted by Gasteiger charge is -2.05. The molecule has 0 saturated heterocycles. The molecule has 0 fully saturated rings. The van der Waals surface area contributed by atoms with E-state index in [-0.39, 0.29) is 17.9 Å². The van der Waals surface area contributed by atoms with Crippen molar-refractivity contribution >= 4 is 11.8 Å². The monoisotopic (exact) mass is 226 g/mol. The quantitative estimate of drug-likeness (QED) is 0.416. The highest BCUT2D eigenvalue weighted by Crippen LogP contribution is 2.12. The van der Waals surface area contributed by atoms with E-state index in [1.165, 1.54) is 35.2 Å². The van der Waals surface area contributed by atoms with Crippen molar-refractivity contribution in [2.24, 2.45) is 0 Å². The Balaban J connectivity index is 2.67. The first-order valence-corrected chi connectivity index (χ1v) is 4.27. The Kier molecular flexibility index (Phi) is 4.25. The molecule has 0 atom stereocenters. The predicted molar refractivity (Wildman–Crippen MR) is 51.1 cm³/mol. The lowest BCUT2D eigenvalue weighted by Crippen LogP contribution is -2.25. The Morgan fingerprint density at radius 2 is 2.00 bits per heavy atom. The number of hydrogen-bond donors (Lipinski definition) is 4. The van der Waals surface area contributed by atoms with Crippen LogP contribution in [0.25, 0.3) is 0 Å². The molecular formula is C9H10N2O5. The third-order valence-corrected chi connectivity index (χ3v) is 1.69. The maximum atomic E-state index is 11.0. The van der Waals surface area contributed by atoms with Crippen molar-refractivity contribution in [3.63, 3.8) is 0 Å². The van der Waals surface area contributed by atoms with E-state index in [9.17, 15) is 9.59 Å². The fourth-order valence-electron chi connectivity index (χ4n) is 0.973. The molecule has 4 N–H and O–H groups in total. The molecule has 1 rings (SSSR count). The molecular weight excluding hydrogens is 216 g/mol. The van der Waals surface area contributed by atoms with Gasteiger partial charge < -0.3 is 4.74 Å². The molecule has 1 aromatic rings. The second-order valence-corrected chi connectivity index (χ2v) is 2.79. The van der Waals surface area contributed by atoms with Gasteiger partial charge in [-0.25, -0.2) is 11.0 Å². The molecule has 0 aliphatic rings. The van der Waals surface area contributed by atoms with Gasteiger partial charge in [0.25, 0.3) is 11.8 Å². The van der Waals surface area contributed by atoms with Gasteiger partial charge in [-0.3, -0.25) is 20.0 Å². The number of benzene rings is 1. The maximum absolute atomic E-state index is 11.0. The zero-order valence-corrected chi connectivity index (χ0v) is 8.14. The molecule has 0 aliphatic carbocycles. The highest BCUT2D eigenvalue weighted by atomic mass is 16.5. The van der Waals surface area contributed by atoms with Crippen LogP contribution >= 0.6 is 0 Å². The Labute approximate surface area is 90.6 Å². The SMILES string of the molecule is O=C(COc1cccc(C(=O)NO)c1)NO. The van der Waals surface area contributed by atoms with E-state index in [0.717, 1.165) is 0 Å². The summed E-state index contributed by atoms with van der Waals surface area (Å²) in [7, 11) is 0. The van der Waals surface area contributed by atoms with E-state index >= 15 is 0 Å². The summed E-state index contributed by atoms with van der Waals surface area (Å²) in [5, 5.41) is 16.6. The summed E-state index contributed by atoms with van der Waals surface area (Å²) >= 11 is 0. The predicted octanol–water partition coefficient (Wildman–Crippen LogP) is -0.310. The molecule has 86 valence electrons. The van der Waals surface area contributed by atoms with Crippen LogP contribution in [0.15, 0.2) is 24.3 Å². The second-order valence-electron chi connectivity index (χ2n) is 2.79. The number of carbonyl (C=O) groups is 2. The molecule has 7 heteroatoms. The van der Waals surface area contributed by atoms with Crippen LogP contribution in [0.5, 0.6) is 5.75 Å². The first-order valence-electron chi connectivity index (χ1n) is 4.27. The van der Waals surface area contributed by atoms with Crippen LogP contribution < -0.4 is 15.7 Å². The topological polar surface area (TPSA) is 108 Å². The van der Waals surface area contributed by atoms with Crippen LogP contribution in [-0.2, 0) is 4.79 Å². The molecule has 0 spiro atoms. The normalized spacial score (nSPS) is 9.38. The number of hydroxylamine groups is 2. The van der Waals surface area contributed by atoms with Gasteiger partial charge in [0, 0.05) is 5.56 Å². The lowest BCUT2D eigenvalue weighted by molar-refractivity contribution is -0.131. The third kappa shape index (κ3) is 3.23. The molecule has 7 nitrogen and oxygen atoms in total. The smallest absolute Gasteiger partial charge is 0.281 e. The van der Waals surface area contributed by atoms with Gasteiger partial charge in [0.2, 0.25) is 0 Å². The van der Waals surface area contributed by atoms with Crippen LogP contribution in [0.2, 0.25) is 0 Å². The van der Waals surface area contributed by atoms with Gasteiger partial charge in [0.15, 0.2) is 6.61 Å². The van der Waals surface area contributed by atoms with Gasteiger partial charge in [-0.05, 0) is 18.2 Å². The van der Waals surface area contributed by atoms with Gasteiger partial charge in [-0.2, -0.15) is 0 Å². The number of hydrogen-bond acceptors (Lipinski definition) is 5. The van der Waals surface area contributed by atoms with Crippen molar-refractivity contribution in [2.75, 3.05) is 6.61 Å². The van der Waals surface area contributed by atoms with E-state index in [4.69, 9.17) is 15.2 Å². The third-order valence-electron chi connectivity index (χ3n) is 1.69. The minimum Gasteiger partial charge on any atom is -0.484 e. The van der Waals surface area contributed by atoms with Gasteiger partial charge in [0.05, 0.1) is 0 Å². The number of ether oxygens (including phenoxy) is 1. The van der Waals surface area contributed by atoms with Crippen molar-refractivity contribution in [3.8, 4) is 5.75 Å². The fraction of sp³-hybridized carbons (Fsp3) is 0.111. The van der Waals surface area contributed by atoms with E-state index in [0.29, 0.717) is 0 Å². The van der Waals surface area contributed by atoms with Crippen molar-refractivity contribution in [3.05, 3.63) is 29.8 Å². The Morgan fingerprint density at radius 3 is 2.62 bits per heavy atom. The first-order chi connectivity index (χ1) is 7.67. The summed E-state index contributed by atoms with van der Waals surface area (Å²) < 4.78 is 4.96. The zero-order chi connectivity index (χ0) is 12.0. The number of nitrogens with one attached hydrogen (secondary N) is 2. The van der Waals surface area contributed by atoms with E-state index in [2.05, 4.69) is 0 Å². The molecule has 2 amide bonds. The van der Waals surface area contributed by atoms with E-state index < -0.39 is 11.8 Å². The Bertz CT molecular complexity index is 393. The molecule has 0 bridgehead atoms. The van der Waals surface area contributed by atoms with Gasteiger partial charge in [0.1, 0.15) is 5.75 Å². The summed E-state index contributed by atoms with van der Waals surface area (Å²) in [6.07, 6.45) is 0. The van der Waals surface area contributed by atoms with Crippen molar-refractivity contribution in [2.45, 2.75) is 0 Å². The minimum absolute atomic E-state index is 0.185. The van der Waals surface area contributed by atoms with Crippen molar-refractivity contribution in [1.82, 2.24) is 11.0 Å². The van der Waals surface area contributed by atoms with Gasteiger partial charge in [-0.15, -0.1) is 0 Å². The average molecular weight is 226 g/mol. The molecule has 16 heavy (non-hydrogen) atoms. The summed E-state index contributed by atoms with van der Waals surface area (Å²) in [5.41, 5.74) is 3.06. The lowest BCUT2D eigenvalue weighted by atomic mass is 10.2. The zero-order valence-electron chi connectivity index (χ0n) is 8.14. The van der Waals surface area contributed by atoms with Gasteiger partial charge in [-0.1, -0.05) is 6.07 Å². The highest BCUT2D eigenvalue weighted by Gasteiger charge is 2.06. The minimum atomic E-state index is -0.711. The maximum Gasteiger partial charge on any atom is 0.281 e. The second kappa shape index (κ2) is 5.69. The first kappa shape index (κ1) is 12.0. The van der Waals surface area contributed by atoms with E-state index in [1.807, 2.05) is 0 Å². The van der Waals surface area contributed by atoms with Crippen LogP contribution in [0.1, 0.15) is 10.4 Å². The largest absolute Gasteiger partial charge is 0.484 e. The number of carbonyl (C=O) groups excluding carboxylic acids is 2. The highest BCUT2D eigenvalue weighted by molar-refractivity contribution is 5.93. The molecule has 0 unspecified atom stereocenters. The van der Waals surface area contributed by atoms with Gasteiger partial charge >= 0.3 is 0 Å². The molecule has 0 aliphatic heterocycles. The molecule has 0 radical (unpaired) electrons. The van der Waals surface area contributed by atoms with Crippen LogP contribution in [0.4, 0.5) is 0 Å². The summed E-state index contributed by atoms with van der Waals surface area (Å²) in [6.45, 7) is -0.374. The fourth-order valence-corrected chi connectivity index (χ4v) is 0.973. The molecule has 0 aromatic heterocycles. The van der Waals surface area contributed by atoms with Crippen molar-refractivity contribution in [1.29, 1.82) is 0 Å². The van der Waals surface area contributed by atoms with E-state index in [1.54, 1.807) is 0 Å². The Morgan fingerprint density at radius 1 is 1.25 bits per heavy atom. The Hall–Kier alpha value is -2.12. The number of amides is 2. The molecule has 1 aromatic carbocycles. The molecule has 0 saturated carbocycles. The summed E-state index contributed by atoms with van der Waals surface area (Å²) in [4.78, 5) is 21.7. The molecule has 0 heterocycles. The standard InChI is InChI=1S/C9H10N2O5/c12-8(10-14)5-16-7-3-1-2-6(4-7)9(13)11-15/h1-4,14-15H,5H2,(H,10,12)(H,11,13). The summed E-state index contributed by atoms with van der Waals surface area (Å²) in [5.74, 6) is -1.13. The van der Waals surface area contributed by atoms with Crippen molar-refractivity contribution < 1.29 is 24.7 Å². The number of rotatable bonds is 4.